The fraction of sp³-hybridized carbons (Fsp3) is 0.0455. The van der Waals surface area contributed by atoms with Gasteiger partial charge in [0.1, 0.15) is 23.1 Å². The lowest BCUT2D eigenvalue weighted by molar-refractivity contribution is 0.399. The fourth-order valence-corrected chi connectivity index (χ4v) is 3.40. The van der Waals surface area contributed by atoms with Crippen LogP contribution in [0.1, 0.15) is 5.76 Å². The largest absolute Gasteiger partial charge is 0.360 e. The van der Waals surface area contributed by atoms with Gasteiger partial charge in [-0.1, -0.05) is 35.5 Å². The number of benzene rings is 2. The Bertz CT molecular complexity index is 1340. The molecule has 29 heavy (non-hydrogen) atoms. The molecule has 0 amide bonds. The van der Waals surface area contributed by atoms with Crippen LogP contribution in [0.2, 0.25) is 0 Å². The second kappa shape index (κ2) is 6.63. The number of aryl methyl sites for hydroxylation is 1. The summed E-state index contributed by atoms with van der Waals surface area (Å²) in [7, 11) is 0. The molecule has 5 aromatic rings. The minimum absolute atomic E-state index is 0.172. The van der Waals surface area contributed by atoms with Gasteiger partial charge in [0.2, 0.25) is 0 Å². The SMILES string of the molecule is Cc1onc(-c2ccc(F)cc2F)c1-c1ccc2nnc(-c3ccccc3)n2c1. The molecule has 2 aromatic carbocycles. The van der Waals surface area contributed by atoms with Crippen molar-refractivity contribution in [1.82, 2.24) is 19.8 Å². The molecule has 0 aliphatic heterocycles. The van der Waals surface area contributed by atoms with Crippen molar-refractivity contribution in [2.75, 3.05) is 0 Å². The van der Waals surface area contributed by atoms with Crippen LogP contribution in [0.5, 0.6) is 0 Å². The number of aromatic nitrogens is 4. The van der Waals surface area contributed by atoms with Crippen LogP contribution in [-0.2, 0) is 0 Å². The van der Waals surface area contributed by atoms with E-state index in [9.17, 15) is 8.78 Å². The molecule has 0 saturated heterocycles. The van der Waals surface area contributed by atoms with Gasteiger partial charge in [-0.3, -0.25) is 4.40 Å². The van der Waals surface area contributed by atoms with Crippen LogP contribution in [-0.4, -0.2) is 19.8 Å². The third-order valence-corrected chi connectivity index (χ3v) is 4.77. The lowest BCUT2D eigenvalue weighted by Crippen LogP contribution is -1.93. The van der Waals surface area contributed by atoms with E-state index in [4.69, 9.17) is 4.52 Å². The summed E-state index contributed by atoms with van der Waals surface area (Å²) in [6.07, 6.45) is 1.86. The van der Waals surface area contributed by atoms with E-state index in [0.717, 1.165) is 17.2 Å². The minimum Gasteiger partial charge on any atom is -0.360 e. The van der Waals surface area contributed by atoms with E-state index in [2.05, 4.69) is 15.4 Å². The van der Waals surface area contributed by atoms with Crippen molar-refractivity contribution in [3.8, 4) is 33.8 Å². The molecular weight excluding hydrogens is 374 g/mol. The molecule has 0 atom stereocenters. The molecule has 3 heterocycles. The molecule has 0 spiro atoms. The summed E-state index contributed by atoms with van der Waals surface area (Å²) in [4.78, 5) is 0. The predicted molar refractivity (Wildman–Crippen MR) is 104 cm³/mol. The molecule has 0 aliphatic carbocycles. The molecule has 5 nitrogen and oxygen atoms in total. The van der Waals surface area contributed by atoms with E-state index < -0.39 is 11.6 Å². The Balaban J connectivity index is 1.70. The van der Waals surface area contributed by atoms with E-state index in [1.165, 1.54) is 12.1 Å². The summed E-state index contributed by atoms with van der Waals surface area (Å²) in [5.41, 5.74) is 3.47. The molecular formula is C22H14F2N4O. The highest BCUT2D eigenvalue weighted by Gasteiger charge is 2.21. The van der Waals surface area contributed by atoms with Crippen molar-refractivity contribution in [3.05, 3.63) is 84.3 Å². The number of hydrogen-bond donors (Lipinski definition) is 0. The minimum atomic E-state index is -0.699. The normalized spacial score (nSPS) is 11.3. The number of fused-ring (bicyclic) bond motifs is 1. The summed E-state index contributed by atoms with van der Waals surface area (Å²) in [6.45, 7) is 1.75. The third-order valence-electron chi connectivity index (χ3n) is 4.77. The zero-order valence-electron chi connectivity index (χ0n) is 15.3. The summed E-state index contributed by atoms with van der Waals surface area (Å²) >= 11 is 0. The highest BCUT2D eigenvalue weighted by Crippen LogP contribution is 2.36. The van der Waals surface area contributed by atoms with Crippen LogP contribution >= 0.6 is 0 Å². The molecule has 0 saturated carbocycles. The fourth-order valence-electron chi connectivity index (χ4n) is 3.40. The summed E-state index contributed by atoms with van der Waals surface area (Å²) < 4.78 is 34.9. The van der Waals surface area contributed by atoms with E-state index in [1.54, 1.807) is 6.92 Å². The van der Waals surface area contributed by atoms with Gasteiger partial charge in [-0.2, -0.15) is 0 Å². The average Bonchev–Trinajstić information content (AvgIpc) is 3.31. The molecule has 3 aromatic heterocycles. The lowest BCUT2D eigenvalue weighted by atomic mass is 10.0. The van der Waals surface area contributed by atoms with Crippen LogP contribution in [0.25, 0.3) is 39.4 Å². The van der Waals surface area contributed by atoms with Gasteiger partial charge in [-0.05, 0) is 31.2 Å². The third kappa shape index (κ3) is 2.87. The van der Waals surface area contributed by atoms with E-state index >= 15 is 0 Å². The van der Waals surface area contributed by atoms with Gasteiger partial charge in [-0.15, -0.1) is 10.2 Å². The Kier molecular flexibility index (Phi) is 3.94. The number of halogens is 2. The quantitative estimate of drug-likeness (QED) is 0.421. The maximum absolute atomic E-state index is 14.4. The molecule has 0 N–H and O–H groups in total. The van der Waals surface area contributed by atoms with Crippen molar-refractivity contribution in [2.45, 2.75) is 6.92 Å². The van der Waals surface area contributed by atoms with Crippen molar-refractivity contribution < 1.29 is 13.3 Å². The van der Waals surface area contributed by atoms with Gasteiger partial charge in [0, 0.05) is 29.0 Å². The standard InChI is InChI=1S/C22H14F2N4O/c1-13-20(21(27-29-13)17-9-8-16(23)11-18(17)24)15-7-10-19-25-26-22(28(19)12-15)14-5-3-2-4-6-14/h2-12H,1H3. The molecule has 5 rings (SSSR count). The topological polar surface area (TPSA) is 56.2 Å². The van der Waals surface area contributed by atoms with E-state index in [-0.39, 0.29) is 5.56 Å². The Labute approximate surface area is 164 Å². The van der Waals surface area contributed by atoms with Crippen LogP contribution < -0.4 is 0 Å². The van der Waals surface area contributed by atoms with Crippen molar-refractivity contribution in [3.63, 3.8) is 0 Å². The van der Waals surface area contributed by atoms with Gasteiger partial charge in [0.15, 0.2) is 11.5 Å². The lowest BCUT2D eigenvalue weighted by Gasteiger charge is -2.06. The Hall–Kier alpha value is -3.87. The second-order valence-corrected chi connectivity index (χ2v) is 6.62. The maximum atomic E-state index is 14.4. The van der Waals surface area contributed by atoms with Gasteiger partial charge in [0.25, 0.3) is 0 Å². The number of pyridine rings is 1. The van der Waals surface area contributed by atoms with Crippen molar-refractivity contribution in [2.24, 2.45) is 0 Å². The van der Waals surface area contributed by atoms with Crippen molar-refractivity contribution >= 4 is 5.65 Å². The molecule has 0 bridgehead atoms. The molecule has 0 radical (unpaired) electrons. The smallest absolute Gasteiger partial charge is 0.168 e. The van der Waals surface area contributed by atoms with E-state index in [1.807, 2.05) is 53.1 Å². The van der Waals surface area contributed by atoms with Crippen molar-refractivity contribution in [1.29, 1.82) is 0 Å². The number of rotatable bonds is 3. The zero-order valence-corrected chi connectivity index (χ0v) is 15.3. The van der Waals surface area contributed by atoms with E-state index in [0.29, 0.717) is 28.5 Å². The maximum Gasteiger partial charge on any atom is 0.168 e. The van der Waals surface area contributed by atoms with Gasteiger partial charge < -0.3 is 4.52 Å². The molecule has 0 aliphatic rings. The second-order valence-electron chi connectivity index (χ2n) is 6.62. The summed E-state index contributed by atoms with van der Waals surface area (Å²) in [5.74, 6) is -0.134. The van der Waals surface area contributed by atoms with Gasteiger partial charge in [0.05, 0.1) is 5.56 Å². The first kappa shape index (κ1) is 17.2. The Morgan fingerprint density at radius 1 is 0.897 bits per heavy atom. The zero-order chi connectivity index (χ0) is 20.0. The highest BCUT2D eigenvalue weighted by atomic mass is 19.1. The Morgan fingerprint density at radius 2 is 1.72 bits per heavy atom. The van der Waals surface area contributed by atoms with Gasteiger partial charge in [-0.25, -0.2) is 8.78 Å². The molecule has 142 valence electrons. The monoisotopic (exact) mass is 388 g/mol. The Morgan fingerprint density at radius 3 is 2.52 bits per heavy atom. The van der Waals surface area contributed by atoms with Crippen LogP contribution in [0.4, 0.5) is 8.78 Å². The first-order chi connectivity index (χ1) is 14.1. The summed E-state index contributed by atoms with van der Waals surface area (Å²) in [6, 6.07) is 16.8. The molecule has 0 unspecified atom stereocenters. The number of nitrogens with zero attached hydrogens (tertiary/aromatic N) is 4. The van der Waals surface area contributed by atoms with Gasteiger partial charge >= 0.3 is 0 Å². The summed E-state index contributed by atoms with van der Waals surface area (Å²) in [5, 5.41) is 12.5. The average molecular weight is 388 g/mol. The number of hydrogen-bond acceptors (Lipinski definition) is 4. The van der Waals surface area contributed by atoms with Crippen LogP contribution in [0.15, 0.2) is 71.4 Å². The van der Waals surface area contributed by atoms with Crippen LogP contribution in [0, 0.1) is 18.6 Å². The molecule has 0 fully saturated rings. The van der Waals surface area contributed by atoms with Crippen LogP contribution in [0.3, 0.4) is 0 Å². The first-order valence-electron chi connectivity index (χ1n) is 8.94. The first-order valence-corrected chi connectivity index (χ1v) is 8.94. The predicted octanol–water partition coefficient (Wildman–Crippen LogP) is 5.30. The highest BCUT2D eigenvalue weighted by molar-refractivity contribution is 5.82. The molecule has 7 heteroatoms.